The minimum atomic E-state index is -0.618. The molecule has 1 aromatic carbocycles. The number of nitrogens with one attached hydrogen (secondary N) is 2. The molecule has 3 aromatic heterocycles. The topological polar surface area (TPSA) is 139 Å². The van der Waals surface area contributed by atoms with Gasteiger partial charge in [0.25, 0.3) is 0 Å². The molecule has 4 aromatic rings. The molecule has 3 heterocycles. The van der Waals surface area contributed by atoms with Gasteiger partial charge in [0.15, 0.2) is 5.75 Å². The second-order valence-corrected chi connectivity index (χ2v) is 11.1. The minimum Gasteiger partial charge on any atom is -0.494 e. The van der Waals surface area contributed by atoms with Crippen LogP contribution in [0, 0.1) is 0 Å². The van der Waals surface area contributed by atoms with Crippen molar-refractivity contribution < 1.29 is 28.5 Å². The summed E-state index contributed by atoms with van der Waals surface area (Å²) in [7, 11) is 4.69. The molecule has 0 aliphatic carbocycles. The highest BCUT2D eigenvalue weighted by Crippen LogP contribution is 2.39. The zero-order chi connectivity index (χ0) is 31.9. The number of pyridine rings is 2. The molecule has 44 heavy (non-hydrogen) atoms. The molecular formula is C31H35ClN6O6. The smallest absolute Gasteiger partial charge is 0.413 e. The maximum atomic E-state index is 12.4. The Labute approximate surface area is 260 Å². The first-order valence-electron chi connectivity index (χ1n) is 13.7. The molecular weight excluding hydrogens is 588 g/mol. The number of aromatic nitrogens is 4. The molecule has 12 nitrogen and oxygen atoms in total. The van der Waals surface area contributed by atoms with Crippen LogP contribution < -0.4 is 15.4 Å². The average molecular weight is 623 g/mol. The summed E-state index contributed by atoms with van der Waals surface area (Å²) in [5.74, 6) is 0.327. The van der Waals surface area contributed by atoms with Crippen molar-refractivity contribution in [3.8, 4) is 17.0 Å². The van der Waals surface area contributed by atoms with Crippen LogP contribution >= 0.6 is 11.6 Å². The van der Waals surface area contributed by atoms with Gasteiger partial charge in [-0.25, -0.2) is 19.6 Å². The van der Waals surface area contributed by atoms with E-state index in [-0.39, 0.29) is 17.3 Å². The molecule has 0 aliphatic heterocycles. The highest BCUT2D eigenvalue weighted by atomic mass is 35.5. The first kappa shape index (κ1) is 32.2. The summed E-state index contributed by atoms with van der Waals surface area (Å²) in [6, 6.07) is 12.6. The van der Waals surface area contributed by atoms with Crippen LogP contribution in [-0.4, -0.2) is 58.2 Å². The average Bonchev–Trinajstić information content (AvgIpc) is 3.40. The first-order valence-corrected chi connectivity index (χ1v) is 14.1. The van der Waals surface area contributed by atoms with Crippen molar-refractivity contribution in [2.24, 2.45) is 7.05 Å². The van der Waals surface area contributed by atoms with Gasteiger partial charge in [-0.15, -0.1) is 0 Å². The van der Waals surface area contributed by atoms with Crippen molar-refractivity contribution in [1.82, 2.24) is 19.7 Å². The number of ether oxygens (including phenoxy) is 4. The van der Waals surface area contributed by atoms with Crippen molar-refractivity contribution in [1.29, 1.82) is 0 Å². The summed E-state index contributed by atoms with van der Waals surface area (Å²) in [5.41, 5.74) is 3.60. The van der Waals surface area contributed by atoms with E-state index in [0.717, 1.165) is 11.1 Å². The van der Waals surface area contributed by atoms with Gasteiger partial charge < -0.3 is 24.3 Å². The number of esters is 1. The van der Waals surface area contributed by atoms with Crippen molar-refractivity contribution in [3.05, 3.63) is 76.8 Å². The lowest BCUT2D eigenvalue weighted by Gasteiger charge is -2.19. The van der Waals surface area contributed by atoms with Crippen LogP contribution in [0.2, 0.25) is 5.15 Å². The van der Waals surface area contributed by atoms with E-state index in [1.54, 1.807) is 50.8 Å². The van der Waals surface area contributed by atoms with E-state index in [4.69, 9.17) is 30.5 Å². The predicted molar refractivity (Wildman–Crippen MR) is 167 cm³/mol. The van der Waals surface area contributed by atoms with Crippen LogP contribution in [0.1, 0.15) is 42.4 Å². The van der Waals surface area contributed by atoms with Gasteiger partial charge in [-0.2, -0.15) is 5.10 Å². The molecule has 0 bridgehead atoms. The highest BCUT2D eigenvalue weighted by molar-refractivity contribution is 6.29. The molecule has 0 saturated heterocycles. The van der Waals surface area contributed by atoms with Crippen LogP contribution in [0.25, 0.3) is 11.3 Å². The van der Waals surface area contributed by atoms with Gasteiger partial charge in [-0.1, -0.05) is 17.7 Å². The van der Waals surface area contributed by atoms with E-state index in [1.807, 2.05) is 37.5 Å². The number of methoxy groups -OCH3 is 2. The van der Waals surface area contributed by atoms with E-state index in [1.165, 1.54) is 13.3 Å². The SMILES string of the molecule is COC(=O)c1cnc(Cl)cc1Nc1cc(CCOCc2cccc(NC(=O)OC(C)(C)C)n2)cc(-c2ccn(C)n2)c1OC. The number of carbonyl (C=O) groups is 2. The molecule has 4 rings (SSSR count). The molecule has 13 heteroatoms. The Morgan fingerprint density at radius 2 is 1.86 bits per heavy atom. The summed E-state index contributed by atoms with van der Waals surface area (Å²) in [4.78, 5) is 33.0. The van der Waals surface area contributed by atoms with Crippen LogP contribution in [0.3, 0.4) is 0 Å². The third-order valence-corrected chi connectivity index (χ3v) is 6.32. The summed E-state index contributed by atoms with van der Waals surface area (Å²) >= 11 is 6.16. The van der Waals surface area contributed by atoms with Crippen LogP contribution in [-0.2, 0) is 34.3 Å². The minimum absolute atomic E-state index is 0.201. The molecule has 2 N–H and O–H groups in total. The Morgan fingerprint density at radius 1 is 1.07 bits per heavy atom. The Bertz CT molecular complexity index is 1630. The molecule has 0 fully saturated rings. The predicted octanol–water partition coefficient (Wildman–Crippen LogP) is 6.18. The van der Waals surface area contributed by atoms with Gasteiger partial charge >= 0.3 is 12.1 Å². The van der Waals surface area contributed by atoms with Gasteiger partial charge in [0.2, 0.25) is 0 Å². The molecule has 0 saturated carbocycles. The van der Waals surface area contributed by atoms with Crippen molar-refractivity contribution in [3.63, 3.8) is 0 Å². The fourth-order valence-electron chi connectivity index (χ4n) is 4.25. The lowest BCUT2D eigenvalue weighted by atomic mass is 10.0. The van der Waals surface area contributed by atoms with Crippen molar-refractivity contribution >= 4 is 40.9 Å². The quantitative estimate of drug-likeness (QED) is 0.113. The Kier molecular flexibility index (Phi) is 10.4. The number of hydrogen-bond acceptors (Lipinski definition) is 10. The maximum absolute atomic E-state index is 12.4. The molecule has 1 amide bonds. The summed E-state index contributed by atoms with van der Waals surface area (Å²) in [6.45, 7) is 5.98. The number of aryl methyl sites for hydroxylation is 1. The van der Waals surface area contributed by atoms with Crippen LogP contribution in [0.5, 0.6) is 5.75 Å². The zero-order valence-electron chi connectivity index (χ0n) is 25.4. The third kappa shape index (κ3) is 8.68. The zero-order valence-corrected chi connectivity index (χ0v) is 26.2. The van der Waals surface area contributed by atoms with Gasteiger partial charge in [-0.3, -0.25) is 10.00 Å². The Balaban J connectivity index is 1.53. The highest BCUT2D eigenvalue weighted by Gasteiger charge is 2.20. The lowest BCUT2D eigenvalue weighted by molar-refractivity contribution is 0.0598. The largest absolute Gasteiger partial charge is 0.494 e. The Hall–Kier alpha value is -4.68. The van der Waals surface area contributed by atoms with Crippen molar-refractivity contribution in [2.75, 3.05) is 31.5 Å². The van der Waals surface area contributed by atoms with Crippen LogP contribution in [0.15, 0.2) is 54.9 Å². The van der Waals surface area contributed by atoms with E-state index < -0.39 is 17.7 Å². The van der Waals surface area contributed by atoms with E-state index in [9.17, 15) is 9.59 Å². The molecule has 0 unspecified atom stereocenters. The lowest BCUT2D eigenvalue weighted by Crippen LogP contribution is -2.27. The molecule has 232 valence electrons. The number of carbonyl (C=O) groups excluding carboxylic acids is 2. The van der Waals surface area contributed by atoms with Gasteiger partial charge in [0.1, 0.15) is 22.1 Å². The summed E-state index contributed by atoms with van der Waals surface area (Å²) in [6.07, 6.45) is 3.15. The summed E-state index contributed by atoms with van der Waals surface area (Å²) in [5, 5.41) is 10.7. The third-order valence-electron chi connectivity index (χ3n) is 6.11. The summed E-state index contributed by atoms with van der Waals surface area (Å²) < 4.78 is 23.7. The molecule has 0 spiro atoms. The number of halogens is 1. The van der Waals surface area contributed by atoms with E-state index >= 15 is 0 Å². The van der Waals surface area contributed by atoms with Crippen molar-refractivity contribution in [2.45, 2.75) is 39.4 Å². The maximum Gasteiger partial charge on any atom is 0.413 e. The number of hydrogen-bond donors (Lipinski definition) is 2. The normalized spacial score (nSPS) is 11.2. The first-order chi connectivity index (χ1) is 21.0. The fraction of sp³-hybridized carbons (Fsp3) is 0.323. The van der Waals surface area contributed by atoms with Gasteiger partial charge in [-0.05, 0) is 69.2 Å². The standard InChI is InChI=1S/C31H35ClN6O6/c1-31(2,3)44-30(40)36-27-9-7-8-20(34-27)18-43-13-11-19-14-21(23-10-12-38(4)37-23)28(41-5)25(15-19)35-24-16-26(32)33-17-22(24)29(39)42-6/h7-10,12,14-17H,11,13,18H2,1-6H3,(H,33,35)(H,34,36,40). The number of nitrogens with zero attached hydrogens (tertiary/aromatic N) is 4. The number of anilines is 3. The molecule has 0 atom stereocenters. The number of amides is 1. The fourth-order valence-corrected chi connectivity index (χ4v) is 4.41. The van der Waals surface area contributed by atoms with E-state index in [2.05, 4.69) is 25.7 Å². The number of benzene rings is 1. The Morgan fingerprint density at radius 3 is 2.55 bits per heavy atom. The van der Waals surface area contributed by atoms with Gasteiger partial charge in [0, 0.05) is 25.0 Å². The molecule has 0 radical (unpaired) electrons. The van der Waals surface area contributed by atoms with Crippen LogP contribution in [0.4, 0.5) is 22.0 Å². The second kappa shape index (κ2) is 14.2. The molecule has 0 aliphatic rings. The number of rotatable bonds is 11. The van der Waals surface area contributed by atoms with E-state index in [0.29, 0.717) is 47.4 Å². The second-order valence-electron chi connectivity index (χ2n) is 10.7. The van der Waals surface area contributed by atoms with Gasteiger partial charge in [0.05, 0.1) is 50.2 Å². The monoisotopic (exact) mass is 622 g/mol.